The minimum Gasteiger partial charge on any atom is -0.481 e. The maximum atomic E-state index is 12.0. The van der Waals surface area contributed by atoms with Crippen molar-refractivity contribution in [3.63, 3.8) is 0 Å². The van der Waals surface area contributed by atoms with E-state index in [1.165, 1.54) is 0 Å². The van der Waals surface area contributed by atoms with Gasteiger partial charge >= 0.3 is 5.97 Å². The van der Waals surface area contributed by atoms with Crippen molar-refractivity contribution in [2.24, 2.45) is 0 Å². The van der Waals surface area contributed by atoms with Crippen molar-refractivity contribution in [1.29, 1.82) is 0 Å². The first-order valence-electron chi connectivity index (χ1n) is 7.07. The summed E-state index contributed by atoms with van der Waals surface area (Å²) in [5.41, 5.74) is 3.80. The molecule has 1 heterocycles. The summed E-state index contributed by atoms with van der Waals surface area (Å²) in [5, 5.41) is 12.4. The fraction of sp³-hybridized carbons (Fsp3) is 0.375. The SMILES string of the molecule is Cc1cc(C)c2cc(C(=O)NCCCCC(=O)O)[nH]c2c1. The second-order valence-electron chi connectivity index (χ2n) is 5.33. The van der Waals surface area contributed by atoms with Gasteiger partial charge in [0.05, 0.1) is 0 Å². The molecule has 1 amide bonds. The van der Waals surface area contributed by atoms with Crippen LogP contribution in [0.25, 0.3) is 10.9 Å². The van der Waals surface area contributed by atoms with E-state index in [1.54, 1.807) is 0 Å². The van der Waals surface area contributed by atoms with E-state index in [2.05, 4.69) is 16.4 Å². The summed E-state index contributed by atoms with van der Waals surface area (Å²) in [7, 11) is 0. The zero-order chi connectivity index (χ0) is 15.4. The number of nitrogens with one attached hydrogen (secondary N) is 2. The number of aromatic amines is 1. The quantitative estimate of drug-likeness (QED) is 0.715. The monoisotopic (exact) mass is 288 g/mol. The van der Waals surface area contributed by atoms with Crippen LogP contribution in [0, 0.1) is 13.8 Å². The lowest BCUT2D eigenvalue weighted by Crippen LogP contribution is -2.24. The van der Waals surface area contributed by atoms with Crippen LogP contribution in [0.1, 0.15) is 40.9 Å². The molecule has 0 radical (unpaired) electrons. The van der Waals surface area contributed by atoms with Gasteiger partial charge in [0.1, 0.15) is 5.69 Å². The summed E-state index contributed by atoms with van der Waals surface area (Å²) >= 11 is 0. The highest BCUT2D eigenvalue weighted by molar-refractivity contribution is 5.98. The van der Waals surface area contributed by atoms with Crippen LogP contribution in [0.2, 0.25) is 0 Å². The first-order chi connectivity index (χ1) is 9.97. The number of carbonyl (C=O) groups excluding carboxylic acids is 1. The Hall–Kier alpha value is -2.30. The van der Waals surface area contributed by atoms with Crippen LogP contribution in [0.5, 0.6) is 0 Å². The summed E-state index contributed by atoms with van der Waals surface area (Å²) in [4.78, 5) is 25.6. The molecule has 0 atom stereocenters. The van der Waals surface area contributed by atoms with Gasteiger partial charge in [0, 0.05) is 23.9 Å². The van der Waals surface area contributed by atoms with Gasteiger partial charge in [-0.15, -0.1) is 0 Å². The lowest BCUT2D eigenvalue weighted by atomic mass is 10.1. The lowest BCUT2D eigenvalue weighted by molar-refractivity contribution is -0.137. The van der Waals surface area contributed by atoms with Crippen LogP contribution in [-0.2, 0) is 4.79 Å². The van der Waals surface area contributed by atoms with Crippen LogP contribution in [-0.4, -0.2) is 28.5 Å². The van der Waals surface area contributed by atoms with Crippen LogP contribution >= 0.6 is 0 Å². The van der Waals surface area contributed by atoms with Crippen LogP contribution < -0.4 is 5.32 Å². The van der Waals surface area contributed by atoms with Gasteiger partial charge in [-0.05, 0) is 49.9 Å². The number of aromatic nitrogens is 1. The van der Waals surface area contributed by atoms with Crippen LogP contribution in [0.4, 0.5) is 0 Å². The number of aliphatic carboxylic acids is 1. The second kappa shape index (κ2) is 6.43. The Bertz CT molecular complexity index is 673. The smallest absolute Gasteiger partial charge is 0.303 e. The van der Waals surface area contributed by atoms with Crippen molar-refractivity contribution < 1.29 is 14.7 Å². The molecule has 112 valence electrons. The summed E-state index contributed by atoms with van der Waals surface area (Å²) < 4.78 is 0. The van der Waals surface area contributed by atoms with Gasteiger partial charge in [0.25, 0.3) is 5.91 Å². The van der Waals surface area contributed by atoms with Crippen molar-refractivity contribution in [3.05, 3.63) is 35.0 Å². The van der Waals surface area contributed by atoms with E-state index in [-0.39, 0.29) is 12.3 Å². The first-order valence-corrected chi connectivity index (χ1v) is 7.07. The zero-order valence-electron chi connectivity index (χ0n) is 12.3. The molecule has 0 fully saturated rings. The average molecular weight is 288 g/mol. The molecule has 1 aromatic carbocycles. The number of unbranched alkanes of at least 4 members (excludes halogenated alkanes) is 1. The average Bonchev–Trinajstić information content (AvgIpc) is 2.82. The Morgan fingerprint density at radius 1 is 1.19 bits per heavy atom. The Labute approximate surface area is 123 Å². The number of rotatable bonds is 6. The Balaban J connectivity index is 1.97. The van der Waals surface area contributed by atoms with E-state index < -0.39 is 5.97 Å². The number of hydrogen-bond acceptors (Lipinski definition) is 2. The van der Waals surface area contributed by atoms with Crippen molar-refractivity contribution in [1.82, 2.24) is 10.3 Å². The van der Waals surface area contributed by atoms with Gasteiger partial charge in [-0.2, -0.15) is 0 Å². The van der Waals surface area contributed by atoms with Gasteiger partial charge in [-0.3, -0.25) is 9.59 Å². The molecule has 0 aliphatic heterocycles. The molecule has 2 aromatic rings. The van der Waals surface area contributed by atoms with E-state index in [0.29, 0.717) is 25.1 Å². The molecule has 5 heteroatoms. The molecule has 0 saturated heterocycles. The van der Waals surface area contributed by atoms with Crippen LogP contribution in [0.3, 0.4) is 0 Å². The second-order valence-corrected chi connectivity index (χ2v) is 5.33. The first kappa shape index (κ1) is 15.1. The summed E-state index contributed by atoms with van der Waals surface area (Å²) in [6, 6.07) is 5.96. The molecule has 0 spiro atoms. The van der Waals surface area contributed by atoms with E-state index in [1.807, 2.05) is 26.0 Å². The number of carbonyl (C=O) groups is 2. The molecule has 5 nitrogen and oxygen atoms in total. The highest BCUT2D eigenvalue weighted by atomic mass is 16.4. The topological polar surface area (TPSA) is 82.2 Å². The maximum Gasteiger partial charge on any atom is 0.303 e. The number of carboxylic acid groups (broad SMARTS) is 1. The molecule has 1 aromatic heterocycles. The summed E-state index contributed by atoms with van der Waals surface area (Å²) in [6.07, 6.45) is 1.37. The van der Waals surface area contributed by atoms with Crippen molar-refractivity contribution in [2.75, 3.05) is 6.54 Å². The normalized spacial score (nSPS) is 10.8. The molecule has 0 saturated carbocycles. The molecular weight excluding hydrogens is 268 g/mol. The van der Waals surface area contributed by atoms with Gasteiger partial charge in [-0.25, -0.2) is 0 Å². The number of benzene rings is 1. The molecule has 2 rings (SSSR count). The molecule has 0 aliphatic carbocycles. The Morgan fingerprint density at radius 2 is 1.95 bits per heavy atom. The number of carboxylic acids is 1. The molecular formula is C16H20N2O3. The van der Waals surface area contributed by atoms with Gasteiger partial charge in [0.15, 0.2) is 0 Å². The molecule has 0 bridgehead atoms. The van der Waals surface area contributed by atoms with E-state index >= 15 is 0 Å². The maximum absolute atomic E-state index is 12.0. The predicted molar refractivity (Wildman–Crippen MR) is 81.6 cm³/mol. The van der Waals surface area contributed by atoms with Crippen molar-refractivity contribution >= 4 is 22.8 Å². The molecule has 0 unspecified atom stereocenters. The van der Waals surface area contributed by atoms with Gasteiger partial charge in [-0.1, -0.05) is 6.07 Å². The fourth-order valence-corrected chi connectivity index (χ4v) is 2.42. The Morgan fingerprint density at radius 3 is 2.67 bits per heavy atom. The van der Waals surface area contributed by atoms with Gasteiger partial charge in [0.2, 0.25) is 0 Å². The molecule has 0 aliphatic rings. The third-order valence-corrected chi connectivity index (χ3v) is 3.44. The van der Waals surface area contributed by atoms with E-state index in [9.17, 15) is 9.59 Å². The molecule has 3 N–H and O–H groups in total. The van der Waals surface area contributed by atoms with Crippen molar-refractivity contribution in [2.45, 2.75) is 33.1 Å². The molecule has 21 heavy (non-hydrogen) atoms. The van der Waals surface area contributed by atoms with E-state index in [0.717, 1.165) is 22.0 Å². The number of H-pyrrole nitrogens is 1. The third-order valence-electron chi connectivity index (χ3n) is 3.44. The highest BCUT2D eigenvalue weighted by Gasteiger charge is 2.10. The standard InChI is InChI=1S/C16H20N2O3/c1-10-7-11(2)12-9-14(18-13(12)8-10)16(21)17-6-4-3-5-15(19)20/h7-9,18H,3-6H2,1-2H3,(H,17,21)(H,19,20). The number of hydrogen-bond donors (Lipinski definition) is 3. The van der Waals surface area contributed by atoms with Gasteiger partial charge < -0.3 is 15.4 Å². The largest absolute Gasteiger partial charge is 0.481 e. The predicted octanol–water partition coefficient (Wildman–Crippen LogP) is 2.77. The van der Waals surface area contributed by atoms with E-state index in [4.69, 9.17) is 5.11 Å². The Kier molecular flexibility index (Phi) is 4.62. The zero-order valence-corrected chi connectivity index (χ0v) is 12.3. The minimum absolute atomic E-state index is 0.140. The number of aryl methyl sites for hydroxylation is 2. The third kappa shape index (κ3) is 3.84. The fourth-order valence-electron chi connectivity index (χ4n) is 2.42. The summed E-state index contributed by atoms with van der Waals surface area (Å²) in [6.45, 7) is 4.53. The number of amides is 1. The number of fused-ring (bicyclic) bond motifs is 1. The summed E-state index contributed by atoms with van der Waals surface area (Å²) in [5.74, 6) is -0.957. The van der Waals surface area contributed by atoms with Crippen LogP contribution in [0.15, 0.2) is 18.2 Å². The minimum atomic E-state index is -0.803. The lowest BCUT2D eigenvalue weighted by Gasteiger charge is -2.02. The highest BCUT2D eigenvalue weighted by Crippen LogP contribution is 2.21. The van der Waals surface area contributed by atoms with Crippen molar-refractivity contribution in [3.8, 4) is 0 Å².